The minimum atomic E-state index is -4.66. The number of nitrogens with one attached hydrogen (secondary N) is 1. The van der Waals surface area contributed by atoms with E-state index in [0.29, 0.717) is 11.4 Å². The smallest absolute Gasteiger partial charge is 0.326 e. The van der Waals surface area contributed by atoms with Gasteiger partial charge in [0, 0.05) is 30.2 Å². The van der Waals surface area contributed by atoms with Gasteiger partial charge in [0.25, 0.3) is 5.69 Å². The summed E-state index contributed by atoms with van der Waals surface area (Å²) in [5.74, 6) is -0.524. The zero-order chi connectivity index (χ0) is 19.8. The van der Waals surface area contributed by atoms with Gasteiger partial charge in [-0.15, -0.1) is 0 Å². The molecular formula is C16H14ClF3N4O3. The van der Waals surface area contributed by atoms with Crippen LogP contribution < -0.4 is 5.32 Å². The number of nitro benzene ring substituents is 1. The van der Waals surface area contributed by atoms with Gasteiger partial charge in [-0.25, -0.2) is 0 Å². The minimum Gasteiger partial charge on any atom is -0.326 e. The molecule has 1 amide bonds. The number of nitro groups is 1. The van der Waals surface area contributed by atoms with Gasteiger partial charge in [-0.05, 0) is 25.0 Å². The summed E-state index contributed by atoms with van der Waals surface area (Å²) in [6, 6.07) is 5.23. The molecule has 0 unspecified atom stereocenters. The molecule has 7 nitrogen and oxygen atoms in total. The van der Waals surface area contributed by atoms with Crippen LogP contribution in [0.3, 0.4) is 0 Å². The summed E-state index contributed by atoms with van der Waals surface area (Å²) in [6.45, 7) is -0.0551. The molecule has 1 N–H and O–H groups in total. The fraction of sp³-hybridized carbons (Fsp3) is 0.375. The number of non-ortho nitro benzene ring substituents is 1. The van der Waals surface area contributed by atoms with Crippen LogP contribution in [0.2, 0.25) is 5.02 Å². The Morgan fingerprint density at radius 3 is 2.48 bits per heavy atom. The topological polar surface area (TPSA) is 90.1 Å². The fourth-order valence-electron chi connectivity index (χ4n) is 2.65. The molecule has 1 heterocycles. The second-order valence-corrected chi connectivity index (χ2v) is 6.52. The molecule has 0 radical (unpaired) electrons. The second-order valence-electron chi connectivity index (χ2n) is 6.15. The molecule has 0 bridgehead atoms. The molecule has 1 saturated carbocycles. The van der Waals surface area contributed by atoms with Gasteiger partial charge >= 0.3 is 6.18 Å². The lowest BCUT2D eigenvalue weighted by molar-refractivity contribution is -0.384. The van der Waals surface area contributed by atoms with E-state index in [-0.39, 0.29) is 24.6 Å². The molecule has 2 aromatic rings. The Bertz CT molecular complexity index is 876. The maximum atomic E-state index is 13.0. The molecule has 0 saturated heterocycles. The number of nitrogens with zero attached hydrogens (tertiary/aromatic N) is 3. The lowest BCUT2D eigenvalue weighted by Gasteiger charge is -2.08. The van der Waals surface area contributed by atoms with Crippen molar-refractivity contribution in [3.05, 3.63) is 50.8 Å². The summed E-state index contributed by atoms with van der Waals surface area (Å²) in [5, 5.41) is 16.3. The fourth-order valence-corrected chi connectivity index (χ4v) is 3.05. The van der Waals surface area contributed by atoms with Gasteiger partial charge in [0.15, 0.2) is 5.69 Å². The maximum Gasteiger partial charge on any atom is 0.436 e. The predicted molar refractivity (Wildman–Crippen MR) is 90.6 cm³/mol. The zero-order valence-corrected chi connectivity index (χ0v) is 14.5. The summed E-state index contributed by atoms with van der Waals surface area (Å²) >= 11 is 5.88. The van der Waals surface area contributed by atoms with E-state index in [1.54, 1.807) is 0 Å². The number of alkyl halides is 3. The van der Waals surface area contributed by atoms with Crippen molar-refractivity contribution in [1.82, 2.24) is 9.78 Å². The monoisotopic (exact) mass is 402 g/mol. The molecule has 0 aliphatic heterocycles. The normalized spacial score (nSPS) is 14.2. The third-order valence-electron chi connectivity index (χ3n) is 4.08. The average Bonchev–Trinajstić information content (AvgIpc) is 3.35. The summed E-state index contributed by atoms with van der Waals surface area (Å²) in [6.07, 6.45) is -3.31. The van der Waals surface area contributed by atoms with Gasteiger partial charge in [-0.2, -0.15) is 18.3 Å². The lowest BCUT2D eigenvalue weighted by atomic mass is 10.2. The van der Waals surface area contributed by atoms with Crippen LogP contribution in [-0.2, 0) is 17.5 Å². The molecule has 11 heteroatoms. The summed E-state index contributed by atoms with van der Waals surface area (Å²) < 4.78 is 40.2. The lowest BCUT2D eigenvalue weighted by Crippen LogP contribution is -2.16. The first-order valence-corrected chi connectivity index (χ1v) is 8.42. The van der Waals surface area contributed by atoms with Gasteiger partial charge in [0.1, 0.15) is 0 Å². The first-order valence-electron chi connectivity index (χ1n) is 8.04. The van der Waals surface area contributed by atoms with Crippen molar-refractivity contribution in [2.45, 2.75) is 37.9 Å². The van der Waals surface area contributed by atoms with Crippen LogP contribution >= 0.6 is 11.6 Å². The number of hydrogen-bond acceptors (Lipinski definition) is 4. The Balaban J connectivity index is 1.67. The highest BCUT2D eigenvalue weighted by molar-refractivity contribution is 6.32. The highest BCUT2D eigenvalue weighted by Crippen LogP contribution is 2.46. The Labute approximate surface area is 156 Å². The molecule has 144 valence electrons. The predicted octanol–water partition coefficient (Wildman–Crippen LogP) is 4.37. The third-order valence-corrected chi connectivity index (χ3v) is 4.45. The van der Waals surface area contributed by atoms with E-state index in [1.165, 1.54) is 24.3 Å². The Kier molecular flexibility index (Phi) is 5.09. The number of aryl methyl sites for hydroxylation is 1. The summed E-state index contributed by atoms with van der Waals surface area (Å²) in [4.78, 5) is 22.1. The molecule has 1 aliphatic rings. The highest BCUT2D eigenvalue weighted by Gasteiger charge is 2.42. The number of benzene rings is 1. The van der Waals surface area contributed by atoms with Crippen LogP contribution in [0.5, 0.6) is 0 Å². The van der Waals surface area contributed by atoms with Crippen molar-refractivity contribution >= 4 is 28.9 Å². The number of carbonyl (C=O) groups is 1. The molecular weight excluding hydrogens is 389 g/mol. The molecule has 0 atom stereocenters. The summed E-state index contributed by atoms with van der Waals surface area (Å²) in [5.41, 5.74) is -0.593. The van der Waals surface area contributed by atoms with Crippen LogP contribution in [0, 0.1) is 10.1 Å². The molecule has 1 aromatic heterocycles. The summed E-state index contributed by atoms with van der Waals surface area (Å²) in [7, 11) is 0. The van der Waals surface area contributed by atoms with E-state index in [9.17, 15) is 28.1 Å². The second kappa shape index (κ2) is 7.18. The minimum absolute atomic E-state index is 0.0551. The van der Waals surface area contributed by atoms with Crippen molar-refractivity contribution in [3.63, 3.8) is 0 Å². The molecule has 27 heavy (non-hydrogen) atoms. The van der Waals surface area contributed by atoms with Crippen LogP contribution in [0.1, 0.15) is 36.6 Å². The Morgan fingerprint density at radius 2 is 1.96 bits per heavy atom. The Hall–Kier alpha value is -2.62. The molecule has 1 fully saturated rings. The maximum absolute atomic E-state index is 13.0. The number of carbonyl (C=O) groups excluding carboxylic acids is 1. The number of hydrogen-bond donors (Lipinski definition) is 1. The van der Waals surface area contributed by atoms with Crippen LogP contribution in [0.25, 0.3) is 0 Å². The van der Waals surface area contributed by atoms with E-state index < -0.39 is 27.7 Å². The SMILES string of the molecule is O=C(CCn1nc(C(F)(F)F)c(Cl)c1C1CC1)Nc1ccc([N+](=O)[O-])cc1. The Morgan fingerprint density at radius 1 is 1.33 bits per heavy atom. The van der Waals surface area contributed by atoms with E-state index >= 15 is 0 Å². The van der Waals surface area contributed by atoms with Gasteiger partial charge in [0.2, 0.25) is 5.91 Å². The number of aromatic nitrogens is 2. The van der Waals surface area contributed by atoms with Crippen molar-refractivity contribution in [2.24, 2.45) is 0 Å². The molecule has 1 aromatic carbocycles. The van der Waals surface area contributed by atoms with Crippen molar-refractivity contribution in [1.29, 1.82) is 0 Å². The van der Waals surface area contributed by atoms with Crippen molar-refractivity contribution < 1.29 is 22.9 Å². The third kappa shape index (κ3) is 4.38. The van der Waals surface area contributed by atoms with E-state index in [4.69, 9.17) is 11.6 Å². The quantitative estimate of drug-likeness (QED) is 0.573. The van der Waals surface area contributed by atoms with Crippen LogP contribution in [-0.4, -0.2) is 20.6 Å². The van der Waals surface area contributed by atoms with E-state index in [0.717, 1.165) is 17.5 Å². The van der Waals surface area contributed by atoms with Gasteiger partial charge in [-0.1, -0.05) is 11.6 Å². The standard InChI is InChI=1S/C16H14ClF3N4O3/c17-13-14(9-1-2-9)23(22-15(13)16(18,19)20)8-7-12(25)21-10-3-5-11(6-4-10)24(26)27/h3-6,9H,1-2,7-8H2,(H,21,25). The number of anilines is 1. The first kappa shape index (κ1) is 19.2. The average molecular weight is 403 g/mol. The van der Waals surface area contributed by atoms with Crippen LogP contribution in [0.4, 0.5) is 24.5 Å². The molecule has 3 rings (SSSR count). The van der Waals surface area contributed by atoms with Crippen LogP contribution in [0.15, 0.2) is 24.3 Å². The highest BCUT2D eigenvalue weighted by atomic mass is 35.5. The largest absolute Gasteiger partial charge is 0.436 e. The number of rotatable bonds is 6. The molecule has 0 spiro atoms. The van der Waals surface area contributed by atoms with Crippen molar-refractivity contribution in [2.75, 3.05) is 5.32 Å². The van der Waals surface area contributed by atoms with Gasteiger partial charge in [-0.3, -0.25) is 19.6 Å². The van der Waals surface area contributed by atoms with Crippen molar-refractivity contribution in [3.8, 4) is 0 Å². The zero-order valence-electron chi connectivity index (χ0n) is 13.8. The van der Waals surface area contributed by atoms with E-state index in [2.05, 4.69) is 10.4 Å². The number of halogens is 4. The van der Waals surface area contributed by atoms with E-state index in [1.807, 2.05) is 0 Å². The van der Waals surface area contributed by atoms with Gasteiger partial charge in [0.05, 0.1) is 22.2 Å². The first-order chi connectivity index (χ1) is 12.7. The molecule has 1 aliphatic carbocycles. The number of amides is 1. The van der Waals surface area contributed by atoms with Gasteiger partial charge < -0.3 is 5.32 Å².